The van der Waals surface area contributed by atoms with E-state index in [1.165, 1.54) is 6.21 Å². The third kappa shape index (κ3) is 3.24. The zero-order valence-corrected chi connectivity index (χ0v) is 8.98. The Morgan fingerprint density at radius 3 is 2.71 bits per heavy atom. The van der Waals surface area contributed by atoms with Crippen molar-refractivity contribution in [2.75, 3.05) is 0 Å². The molecule has 17 heavy (non-hydrogen) atoms. The molecule has 0 saturated carbocycles. The molecule has 0 fully saturated rings. The number of hydrogen-bond donors (Lipinski definition) is 0. The minimum Gasteiger partial charge on any atom is -0.313 e. The normalized spacial score (nSPS) is 10.4. The number of rotatable bonds is 3. The second-order valence-electron chi connectivity index (χ2n) is 3.27. The van der Waals surface area contributed by atoms with Crippen LogP contribution in [0, 0.1) is 0 Å². The van der Waals surface area contributed by atoms with E-state index in [2.05, 4.69) is 10.1 Å². The van der Waals surface area contributed by atoms with Crippen LogP contribution in [0.1, 0.15) is 15.9 Å². The first-order valence-electron chi connectivity index (χ1n) is 5.06. The van der Waals surface area contributed by atoms with E-state index < -0.39 is 5.97 Å². The fraction of sp³-hybridized carbons (Fsp3) is 0. The van der Waals surface area contributed by atoms with Crippen LogP contribution in [0.4, 0.5) is 0 Å². The smallest absolute Gasteiger partial charge is 0.313 e. The van der Waals surface area contributed by atoms with Crippen LogP contribution in [0.3, 0.4) is 0 Å². The van der Waals surface area contributed by atoms with Gasteiger partial charge in [-0.25, -0.2) is 4.79 Å². The minimum atomic E-state index is -0.481. The standard InChI is InChI=1S/C13H10N2O2/c16-13(12-6-2-1-3-7-12)17-15-10-11-5-4-8-14-9-11/h1-10H/b15-10+. The van der Waals surface area contributed by atoms with Crippen LogP contribution in [0.15, 0.2) is 60.0 Å². The zero-order chi connectivity index (χ0) is 11.9. The summed E-state index contributed by atoms with van der Waals surface area (Å²) >= 11 is 0. The van der Waals surface area contributed by atoms with Gasteiger partial charge in [-0.3, -0.25) is 4.98 Å². The molecular formula is C13H10N2O2. The van der Waals surface area contributed by atoms with Gasteiger partial charge in [0.1, 0.15) is 0 Å². The van der Waals surface area contributed by atoms with Gasteiger partial charge < -0.3 is 4.84 Å². The second-order valence-corrected chi connectivity index (χ2v) is 3.27. The number of oxime groups is 1. The topological polar surface area (TPSA) is 51.5 Å². The molecule has 1 heterocycles. The van der Waals surface area contributed by atoms with Gasteiger partial charge >= 0.3 is 5.97 Å². The highest BCUT2D eigenvalue weighted by Gasteiger charge is 2.04. The molecule has 4 heteroatoms. The Balaban J connectivity index is 1.95. The van der Waals surface area contributed by atoms with Gasteiger partial charge in [0.15, 0.2) is 0 Å². The highest BCUT2D eigenvalue weighted by atomic mass is 16.7. The Morgan fingerprint density at radius 2 is 2.00 bits per heavy atom. The summed E-state index contributed by atoms with van der Waals surface area (Å²) in [4.78, 5) is 20.1. The fourth-order valence-corrected chi connectivity index (χ4v) is 1.21. The van der Waals surface area contributed by atoms with Crippen LogP contribution in [-0.2, 0) is 4.84 Å². The molecule has 0 N–H and O–H groups in total. The summed E-state index contributed by atoms with van der Waals surface area (Å²) in [6.07, 6.45) is 4.72. The van der Waals surface area contributed by atoms with E-state index in [-0.39, 0.29) is 0 Å². The lowest BCUT2D eigenvalue weighted by molar-refractivity contribution is 0.0519. The van der Waals surface area contributed by atoms with Crippen molar-refractivity contribution in [3.63, 3.8) is 0 Å². The molecule has 4 nitrogen and oxygen atoms in total. The van der Waals surface area contributed by atoms with E-state index in [0.717, 1.165) is 5.56 Å². The van der Waals surface area contributed by atoms with Crippen LogP contribution in [0.5, 0.6) is 0 Å². The molecule has 0 aliphatic rings. The first kappa shape index (κ1) is 11.0. The van der Waals surface area contributed by atoms with E-state index in [1.807, 2.05) is 12.1 Å². The molecule has 0 aliphatic heterocycles. The van der Waals surface area contributed by atoms with Crippen LogP contribution < -0.4 is 0 Å². The Labute approximate surface area is 98.6 Å². The highest BCUT2D eigenvalue weighted by molar-refractivity contribution is 5.89. The first-order chi connectivity index (χ1) is 8.36. The van der Waals surface area contributed by atoms with Crippen molar-refractivity contribution in [3.05, 3.63) is 66.0 Å². The Bertz CT molecular complexity index is 509. The van der Waals surface area contributed by atoms with Crippen molar-refractivity contribution >= 4 is 12.2 Å². The maximum Gasteiger partial charge on any atom is 0.365 e. The van der Waals surface area contributed by atoms with Crippen LogP contribution in [0.25, 0.3) is 0 Å². The van der Waals surface area contributed by atoms with E-state index in [0.29, 0.717) is 5.56 Å². The SMILES string of the molecule is O=C(O/N=C/c1cccnc1)c1ccccc1. The van der Waals surface area contributed by atoms with Crippen LogP contribution in [-0.4, -0.2) is 17.2 Å². The van der Waals surface area contributed by atoms with E-state index in [1.54, 1.807) is 42.7 Å². The maximum absolute atomic E-state index is 11.5. The number of pyridine rings is 1. The number of benzene rings is 1. The summed E-state index contributed by atoms with van der Waals surface area (Å²) in [7, 11) is 0. The molecule has 0 saturated heterocycles. The maximum atomic E-state index is 11.5. The third-order valence-corrected chi connectivity index (χ3v) is 2.03. The Kier molecular flexibility index (Phi) is 3.60. The first-order valence-corrected chi connectivity index (χ1v) is 5.06. The van der Waals surface area contributed by atoms with Gasteiger partial charge in [0.25, 0.3) is 0 Å². The summed E-state index contributed by atoms with van der Waals surface area (Å²) in [5.74, 6) is -0.481. The van der Waals surface area contributed by atoms with Crippen molar-refractivity contribution in [1.29, 1.82) is 0 Å². The molecule has 0 spiro atoms. The lowest BCUT2D eigenvalue weighted by atomic mass is 10.2. The Hall–Kier alpha value is -2.49. The van der Waals surface area contributed by atoms with Crippen molar-refractivity contribution in [3.8, 4) is 0 Å². The summed E-state index contributed by atoms with van der Waals surface area (Å²) in [6, 6.07) is 12.3. The van der Waals surface area contributed by atoms with Crippen LogP contribution in [0.2, 0.25) is 0 Å². The lowest BCUT2D eigenvalue weighted by Crippen LogP contribution is -2.00. The minimum absolute atomic E-state index is 0.468. The van der Waals surface area contributed by atoms with Crippen LogP contribution >= 0.6 is 0 Å². The molecule has 1 aromatic heterocycles. The average Bonchev–Trinajstić information content (AvgIpc) is 2.41. The van der Waals surface area contributed by atoms with E-state index in [4.69, 9.17) is 4.84 Å². The lowest BCUT2D eigenvalue weighted by Gasteiger charge is -1.96. The monoisotopic (exact) mass is 226 g/mol. The molecule has 0 radical (unpaired) electrons. The molecule has 0 bridgehead atoms. The molecule has 0 unspecified atom stereocenters. The van der Waals surface area contributed by atoms with Gasteiger partial charge in [-0.05, 0) is 18.2 Å². The predicted octanol–water partition coefficient (Wildman–Crippen LogP) is 2.27. The van der Waals surface area contributed by atoms with E-state index >= 15 is 0 Å². The fourth-order valence-electron chi connectivity index (χ4n) is 1.21. The van der Waals surface area contributed by atoms with Crippen molar-refractivity contribution in [2.24, 2.45) is 5.16 Å². The molecular weight excluding hydrogens is 216 g/mol. The second kappa shape index (κ2) is 5.55. The summed E-state index contributed by atoms with van der Waals surface area (Å²) in [5, 5.41) is 3.60. The molecule has 0 atom stereocenters. The summed E-state index contributed by atoms with van der Waals surface area (Å²) in [6.45, 7) is 0. The van der Waals surface area contributed by atoms with Gasteiger partial charge in [0.2, 0.25) is 0 Å². The molecule has 84 valence electrons. The number of nitrogens with zero attached hydrogens (tertiary/aromatic N) is 2. The van der Waals surface area contributed by atoms with Gasteiger partial charge in [-0.15, -0.1) is 0 Å². The quantitative estimate of drug-likeness (QED) is 0.458. The van der Waals surface area contributed by atoms with Gasteiger partial charge in [-0.1, -0.05) is 29.4 Å². The largest absolute Gasteiger partial charge is 0.365 e. The molecule has 2 aromatic rings. The van der Waals surface area contributed by atoms with Crippen molar-refractivity contribution in [2.45, 2.75) is 0 Å². The zero-order valence-electron chi connectivity index (χ0n) is 8.98. The van der Waals surface area contributed by atoms with E-state index in [9.17, 15) is 4.79 Å². The molecule has 0 amide bonds. The highest BCUT2D eigenvalue weighted by Crippen LogP contribution is 2.01. The number of hydrogen-bond acceptors (Lipinski definition) is 4. The number of carbonyl (C=O) groups excluding carboxylic acids is 1. The van der Waals surface area contributed by atoms with Crippen molar-refractivity contribution in [1.82, 2.24) is 4.98 Å². The number of carbonyl (C=O) groups is 1. The molecule has 2 rings (SSSR count). The molecule has 1 aromatic carbocycles. The predicted molar refractivity (Wildman–Crippen MR) is 63.7 cm³/mol. The van der Waals surface area contributed by atoms with Gasteiger partial charge in [-0.2, -0.15) is 0 Å². The average molecular weight is 226 g/mol. The number of aromatic nitrogens is 1. The molecule has 0 aliphatic carbocycles. The Morgan fingerprint density at radius 1 is 1.18 bits per heavy atom. The van der Waals surface area contributed by atoms with Gasteiger partial charge in [0.05, 0.1) is 11.8 Å². The summed E-state index contributed by atoms with van der Waals surface area (Å²) < 4.78 is 0. The summed E-state index contributed by atoms with van der Waals surface area (Å²) in [5.41, 5.74) is 1.24. The van der Waals surface area contributed by atoms with Gasteiger partial charge in [0, 0.05) is 18.0 Å². The third-order valence-electron chi connectivity index (χ3n) is 2.03. The van der Waals surface area contributed by atoms with Crippen molar-refractivity contribution < 1.29 is 9.63 Å².